The molecule has 288 valence electrons. The van der Waals surface area contributed by atoms with E-state index in [4.69, 9.17) is 0 Å². The molecular formula is C56H59N. The highest BCUT2D eigenvalue weighted by molar-refractivity contribution is 5.97. The van der Waals surface area contributed by atoms with Crippen LogP contribution < -0.4 is 4.90 Å². The molecule has 0 bridgehead atoms. The molecule has 0 heterocycles. The van der Waals surface area contributed by atoms with Crippen molar-refractivity contribution in [3.05, 3.63) is 164 Å². The molecule has 5 aromatic rings. The van der Waals surface area contributed by atoms with E-state index >= 15 is 0 Å². The molecule has 0 radical (unpaired) electrons. The van der Waals surface area contributed by atoms with Crippen molar-refractivity contribution in [3.63, 3.8) is 0 Å². The summed E-state index contributed by atoms with van der Waals surface area (Å²) in [6, 6.07) is 38.3. The van der Waals surface area contributed by atoms with Crippen LogP contribution in [0.2, 0.25) is 0 Å². The van der Waals surface area contributed by atoms with Crippen molar-refractivity contribution in [2.45, 2.75) is 118 Å². The molecule has 1 heteroatoms. The summed E-state index contributed by atoms with van der Waals surface area (Å²) < 4.78 is 0. The summed E-state index contributed by atoms with van der Waals surface area (Å²) in [6.45, 7) is 25.9. The van der Waals surface area contributed by atoms with Crippen LogP contribution in [0.25, 0.3) is 28.3 Å². The Bertz CT molecular complexity index is 2600. The van der Waals surface area contributed by atoms with Crippen molar-refractivity contribution in [1.82, 2.24) is 0 Å². The number of rotatable bonds is 5. The summed E-state index contributed by atoms with van der Waals surface area (Å²) >= 11 is 0. The predicted octanol–water partition coefficient (Wildman–Crippen LogP) is 15.6. The Morgan fingerprint density at radius 2 is 1.30 bits per heavy atom. The molecule has 1 nitrogen and oxygen atoms in total. The molecule has 1 fully saturated rings. The highest BCUT2D eigenvalue weighted by Gasteiger charge is 2.61. The summed E-state index contributed by atoms with van der Waals surface area (Å²) in [7, 11) is 0. The SMILES string of the molecule is CC1=C2CC=C3CC(C(C)(C)C)=Cc4ccc(c2c43)C2(c3ccc4c(c3)C(C)(C)c3cc(N(c5ccc(C(C)C)cc5)c5ccc(C(C)(C)C)cc5)ccc3-4)CC12. The van der Waals surface area contributed by atoms with Crippen LogP contribution in [-0.2, 0) is 16.2 Å². The quantitative estimate of drug-likeness (QED) is 0.173. The van der Waals surface area contributed by atoms with Gasteiger partial charge in [-0.1, -0.05) is 153 Å². The van der Waals surface area contributed by atoms with Gasteiger partial charge in [0.2, 0.25) is 0 Å². The van der Waals surface area contributed by atoms with Gasteiger partial charge in [0.05, 0.1) is 0 Å². The van der Waals surface area contributed by atoms with Crippen LogP contribution in [0.15, 0.2) is 114 Å². The smallest absolute Gasteiger partial charge is 0.0465 e. The molecule has 57 heavy (non-hydrogen) atoms. The lowest BCUT2D eigenvalue weighted by Crippen LogP contribution is -2.24. The topological polar surface area (TPSA) is 3.24 Å². The number of allylic oxidation sites excluding steroid dienone is 5. The Labute approximate surface area is 342 Å². The minimum Gasteiger partial charge on any atom is -0.310 e. The molecule has 10 rings (SSSR count). The largest absolute Gasteiger partial charge is 0.310 e. The lowest BCUT2D eigenvalue weighted by atomic mass is 9.66. The first-order valence-electron chi connectivity index (χ1n) is 21.6. The molecular weight excluding hydrogens is 687 g/mol. The first-order valence-corrected chi connectivity index (χ1v) is 21.6. The fourth-order valence-electron chi connectivity index (χ4n) is 11.1. The van der Waals surface area contributed by atoms with E-state index in [2.05, 4.69) is 190 Å². The molecule has 1 saturated carbocycles. The fraction of sp³-hybridized carbons (Fsp3) is 0.357. The number of benzene rings is 5. The molecule has 2 unspecified atom stereocenters. The molecule has 0 N–H and O–H groups in total. The maximum Gasteiger partial charge on any atom is 0.0465 e. The van der Waals surface area contributed by atoms with Gasteiger partial charge in [-0.3, -0.25) is 0 Å². The van der Waals surface area contributed by atoms with Crippen LogP contribution >= 0.6 is 0 Å². The molecule has 0 amide bonds. The van der Waals surface area contributed by atoms with Gasteiger partial charge in [0.15, 0.2) is 0 Å². The molecule has 5 aliphatic carbocycles. The van der Waals surface area contributed by atoms with Gasteiger partial charge in [-0.25, -0.2) is 0 Å². The van der Waals surface area contributed by atoms with Crippen molar-refractivity contribution in [2.75, 3.05) is 4.90 Å². The van der Waals surface area contributed by atoms with Crippen LogP contribution in [0.5, 0.6) is 0 Å². The van der Waals surface area contributed by atoms with Gasteiger partial charge in [0.1, 0.15) is 0 Å². The van der Waals surface area contributed by atoms with E-state index in [1.807, 2.05) is 0 Å². The van der Waals surface area contributed by atoms with Crippen LogP contribution in [0.4, 0.5) is 17.1 Å². The fourth-order valence-corrected chi connectivity index (χ4v) is 11.1. The second-order valence-corrected chi connectivity index (χ2v) is 20.9. The van der Waals surface area contributed by atoms with E-state index in [-0.39, 0.29) is 21.7 Å². The normalized spacial score (nSPS) is 21.0. The van der Waals surface area contributed by atoms with E-state index < -0.39 is 0 Å². The van der Waals surface area contributed by atoms with E-state index in [9.17, 15) is 0 Å². The van der Waals surface area contributed by atoms with Gasteiger partial charge < -0.3 is 4.90 Å². The standard InChI is InChI=1S/C56H59N/c1-33(2)35-12-19-41(20-13-35)57(42-21-16-38(17-22-42)53(4,5)6)43-23-26-46-45-25-18-39(30-48(45)55(10,11)49(46)31-43)56-32-50(56)34(3)44-24-14-36-28-40(54(7,8)9)29-37-15-27-47(56)52(44)51(36)37/h12-23,25-27,29-31,33,50H,24,28,32H2,1-11H3. The maximum atomic E-state index is 2.63. The third-order valence-corrected chi connectivity index (χ3v) is 14.8. The lowest BCUT2D eigenvalue weighted by molar-refractivity contribution is 0.498. The maximum absolute atomic E-state index is 2.63. The summed E-state index contributed by atoms with van der Waals surface area (Å²) in [5, 5.41) is 0. The average Bonchev–Trinajstić information content (AvgIpc) is 3.90. The molecule has 5 aliphatic rings. The zero-order valence-electron chi connectivity index (χ0n) is 36.1. The third kappa shape index (κ3) is 5.33. The van der Waals surface area contributed by atoms with Crippen molar-refractivity contribution in [2.24, 2.45) is 11.3 Å². The van der Waals surface area contributed by atoms with Gasteiger partial charge in [-0.05, 0) is 158 Å². The van der Waals surface area contributed by atoms with E-state index in [1.165, 1.54) is 73.6 Å². The Morgan fingerprint density at radius 1 is 0.667 bits per heavy atom. The number of hydrogen-bond donors (Lipinski definition) is 0. The number of fused-ring (bicyclic) bond motifs is 5. The highest BCUT2D eigenvalue weighted by Crippen LogP contribution is 2.69. The van der Waals surface area contributed by atoms with Crippen molar-refractivity contribution in [1.29, 1.82) is 0 Å². The minimum atomic E-state index is -0.139. The second-order valence-electron chi connectivity index (χ2n) is 20.9. The molecule has 0 aliphatic heterocycles. The molecule has 0 spiro atoms. The molecule has 0 aromatic heterocycles. The van der Waals surface area contributed by atoms with Gasteiger partial charge in [0, 0.05) is 27.9 Å². The number of anilines is 3. The second kappa shape index (κ2) is 12.1. The zero-order chi connectivity index (χ0) is 40.0. The predicted molar refractivity (Wildman–Crippen MR) is 244 cm³/mol. The van der Waals surface area contributed by atoms with Crippen molar-refractivity contribution in [3.8, 4) is 11.1 Å². The van der Waals surface area contributed by atoms with Crippen LogP contribution in [0.3, 0.4) is 0 Å². The van der Waals surface area contributed by atoms with Crippen molar-refractivity contribution < 1.29 is 0 Å². The van der Waals surface area contributed by atoms with E-state index in [0.717, 1.165) is 12.8 Å². The average molecular weight is 746 g/mol. The highest BCUT2D eigenvalue weighted by atomic mass is 15.1. The zero-order valence-corrected chi connectivity index (χ0v) is 36.1. The number of hydrogen-bond acceptors (Lipinski definition) is 1. The first-order chi connectivity index (χ1) is 27.0. The lowest BCUT2D eigenvalue weighted by Gasteiger charge is -2.38. The van der Waals surface area contributed by atoms with Gasteiger partial charge in [0.25, 0.3) is 0 Å². The summed E-state index contributed by atoms with van der Waals surface area (Å²) in [6.07, 6.45) is 8.44. The monoisotopic (exact) mass is 745 g/mol. The summed E-state index contributed by atoms with van der Waals surface area (Å²) in [5.41, 5.74) is 26.1. The van der Waals surface area contributed by atoms with E-state index in [0.29, 0.717) is 11.8 Å². The van der Waals surface area contributed by atoms with E-state index in [1.54, 1.807) is 33.4 Å². The Balaban J connectivity index is 1.06. The number of nitrogens with zero attached hydrogens (tertiary/aromatic N) is 1. The molecule has 2 atom stereocenters. The molecule has 0 saturated heterocycles. The van der Waals surface area contributed by atoms with Crippen LogP contribution in [-0.4, -0.2) is 0 Å². The van der Waals surface area contributed by atoms with Gasteiger partial charge in [-0.15, -0.1) is 0 Å². The van der Waals surface area contributed by atoms with Gasteiger partial charge >= 0.3 is 0 Å². The van der Waals surface area contributed by atoms with Crippen molar-refractivity contribution >= 4 is 34.3 Å². The Morgan fingerprint density at radius 3 is 1.95 bits per heavy atom. The van der Waals surface area contributed by atoms with Crippen LogP contribution in [0.1, 0.15) is 151 Å². The molecule has 5 aromatic carbocycles. The first kappa shape index (κ1) is 36.5. The Hall–Kier alpha value is -4.88. The van der Waals surface area contributed by atoms with Gasteiger partial charge in [-0.2, -0.15) is 0 Å². The van der Waals surface area contributed by atoms with Crippen LogP contribution in [0, 0.1) is 11.3 Å². The summed E-state index contributed by atoms with van der Waals surface area (Å²) in [5.74, 6) is 1.07. The minimum absolute atomic E-state index is 0.0532. The summed E-state index contributed by atoms with van der Waals surface area (Å²) in [4.78, 5) is 2.45. The Kier molecular flexibility index (Phi) is 7.72. The third-order valence-electron chi connectivity index (χ3n) is 14.8.